The van der Waals surface area contributed by atoms with E-state index in [9.17, 15) is 5.02 Å². The molecule has 1 aliphatic rings. The Morgan fingerprint density at radius 1 is 1.44 bits per heavy atom. The highest BCUT2D eigenvalue weighted by atomic mass is 35.5. The number of halogens is 1. The number of rotatable bonds is 3. The molecule has 1 heterocycles. The molecule has 1 aromatic carbocycles. The van der Waals surface area contributed by atoms with Crippen LogP contribution >= 0.6 is 11.6 Å². The van der Waals surface area contributed by atoms with Gasteiger partial charge in [0.25, 0.3) is 0 Å². The molecule has 1 aliphatic heterocycles. The van der Waals surface area contributed by atoms with E-state index < -0.39 is 0 Å². The number of nitrogen functional groups attached to an aromatic ring is 1. The molecule has 0 bridgehead atoms. The molecule has 0 aromatic heterocycles. The molecule has 6 heteroatoms. The highest BCUT2D eigenvalue weighted by molar-refractivity contribution is 6.45. The molecule has 98 valence electrons. The maximum atomic E-state index is 9.48. The fraction of sp³-hybridized carbons (Fsp3) is 0.500. The fourth-order valence-electron chi connectivity index (χ4n) is 2.17. The van der Waals surface area contributed by atoms with E-state index in [0.717, 1.165) is 25.9 Å². The van der Waals surface area contributed by atoms with E-state index >= 15 is 0 Å². The average molecular weight is 269 g/mol. The van der Waals surface area contributed by atoms with Crippen molar-refractivity contribution in [1.82, 2.24) is 4.81 Å². The van der Waals surface area contributed by atoms with Crippen molar-refractivity contribution in [2.45, 2.75) is 25.8 Å². The van der Waals surface area contributed by atoms with Crippen molar-refractivity contribution in [3.63, 3.8) is 0 Å². The lowest BCUT2D eigenvalue weighted by molar-refractivity contribution is 0.129. The molecular formula is C12H18BClN2O2. The van der Waals surface area contributed by atoms with Gasteiger partial charge >= 0.3 is 7.05 Å². The van der Waals surface area contributed by atoms with Gasteiger partial charge in [-0.05, 0) is 51.0 Å². The van der Waals surface area contributed by atoms with Crippen molar-refractivity contribution >= 4 is 24.3 Å². The Kier molecular flexibility index (Phi) is 4.38. The molecule has 0 amide bonds. The van der Waals surface area contributed by atoms with Crippen molar-refractivity contribution < 1.29 is 9.76 Å². The van der Waals surface area contributed by atoms with Gasteiger partial charge in [0.2, 0.25) is 0 Å². The predicted octanol–water partition coefficient (Wildman–Crippen LogP) is 1.88. The van der Waals surface area contributed by atoms with E-state index in [4.69, 9.17) is 22.1 Å². The molecule has 0 atom stereocenters. The molecule has 1 saturated heterocycles. The van der Waals surface area contributed by atoms with Gasteiger partial charge in [-0.1, -0.05) is 11.6 Å². The van der Waals surface area contributed by atoms with Gasteiger partial charge in [-0.3, -0.25) is 0 Å². The van der Waals surface area contributed by atoms with Gasteiger partial charge in [-0.2, -0.15) is 0 Å². The van der Waals surface area contributed by atoms with Crippen LogP contribution in [0.15, 0.2) is 18.2 Å². The molecule has 0 saturated carbocycles. The summed E-state index contributed by atoms with van der Waals surface area (Å²) in [5.74, 6) is 0.690. The van der Waals surface area contributed by atoms with E-state index in [0.29, 0.717) is 16.5 Å². The van der Waals surface area contributed by atoms with Gasteiger partial charge in [0.1, 0.15) is 11.9 Å². The first kappa shape index (κ1) is 13.5. The first-order valence-corrected chi connectivity index (χ1v) is 6.58. The quantitative estimate of drug-likeness (QED) is 0.649. The van der Waals surface area contributed by atoms with Crippen LogP contribution in [0.5, 0.6) is 5.75 Å². The summed E-state index contributed by atoms with van der Waals surface area (Å²) in [5, 5.41) is 10.1. The lowest BCUT2D eigenvalue weighted by Gasteiger charge is -2.32. The maximum Gasteiger partial charge on any atom is 0.376 e. The van der Waals surface area contributed by atoms with Crippen molar-refractivity contribution in [2.75, 3.05) is 18.8 Å². The van der Waals surface area contributed by atoms with Crippen LogP contribution in [-0.4, -0.2) is 36.1 Å². The normalized spacial score (nSPS) is 17.7. The fourth-order valence-corrected chi connectivity index (χ4v) is 2.35. The number of hydrogen-bond acceptors (Lipinski definition) is 4. The molecule has 0 unspecified atom stereocenters. The molecule has 1 aromatic rings. The zero-order valence-corrected chi connectivity index (χ0v) is 11.2. The Morgan fingerprint density at radius 3 is 2.67 bits per heavy atom. The summed E-state index contributed by atoms with van der Waals surface area (Å²) in [6.45, 7) is 3.48. The van der Waals surface area contributed by atoms with Crippen molar-refractivity contribution in [3.05, 3.63) is 23.2 Å². The number of nitrogens with zero attached hydrogens (tertiary/aromatic N) is 1. The third-order valence-electron chi connectivity index (χ3n) is 3.27. The van der Waals surface area contributed by atoms with E-state index in [1.807, 2.05) is 4.81 Å². The average Bonchev–Trinajstić information content (AvgIpc) is 2.33. The molecule has 4 nitrogen and oxygen atoms in total. The zero-order chi connectivity index (χ0) is 13.1. The first-order valence-electron chi connectivity index (χ1n) is 6.20. The third kappa shape index (κ3) is 3.31. The topological polar surface area (TPSA) is 58.7 Å². The van der Waals surface area contributed by atoms with Gasteiger partial charge in [0.05, 0.1) is 5.69 Å². The van der Waals surface area contributed by atoms with E-state index in [1.54, 1.807) is 25.0 Å². The van der Waals surface area contributed by atoms with Gasteiger partial charge in [0, 0.05) is 5.02 Å². The lowest BCUT2D eigenvalue weighted by atomic mass is 9.82. The predicted molar refractivity (Wildman–Crippen MR) is 74.9 cm³/mol. The van der Waals surface area contributed by atoms with Gasteiger partial charge in [-0.25, -0.2) is 0 Å². The minimum atomic E-state index is -0.383. The number of nitrogens with two attached hydrogens (primary N) is 1. The van der Waals surface area contributed by atoms with Gasteiger partial charge in [0.15, 0.2) is 0 Å². The molecule has 2 rings (SSSR count). The number of anilines is 1. The summed E-state index contributed by atoms with van der Waals surface area (Å²) in [7, 11) is -0.383. The summed E-state index contributed by atoms with van der Waals surface area (Å²) in [6.07, 6.45) is 1.95. The minimum absolute atomic E-state index is 0.156. The van der Waals surface area contributed by atoms with E-state index in [1.165, 1.54) is 0 Å². The molecule has 0 spiro atoms. The molecular weight excluding hydrogens is 250 g/mol. The molecule has 1 fully saturated rings. The zero-order valence-electron chi connectivity index (χ0n) is 10.5. The first-order chi connectivity index (χ1) is 8.56. The Morgan fingerprint density at radius 2 is 2.11 bits per heavy atom. The molecule has 3 N–H and O–H groups in total. The lowest BCUT2D eigenvalue weighted by Crippen LogP contribution is -2.45. The van der Waals surface area contributed by atoms with Gasteiger partial charge < -0.3 is 20.3 Å². The second-order valence-corrected chi connectivity index (χ2v) is 5.10. The van der Waals surface area contributed by atoms with Crippen LogP contribution in [-0.2, 0) is 0 Å². The van der Waals surface area contributed by atoms with E-state index in [-0.39, 0.29) is 13.2 Å². The summed E-state index contributed by atoms with van der Waals surface area (Å²) in [4.78, 5) is 2.03. The van der Waals surface area contributed by atoms with Crippen LogP contribution in [0.3, 0.4) is 0 Å². The Balaban J connectivity index is 1.91. The van der Waals surface area contributed by atoms with Crippen molar-refractivity contribution in [3.8, 4) is 5.75 Å². The summed E-state index contributed by atoms with van der Waals surface area (Å²) in [6, 6.07) is 5.28. The largest absolute Gasteiger partial charge is 0.488 e. The SMILES string of the molecule is CB(O)N1CCC(Oc2ccc(Cl)cc2N)CC1. The van der Waals surface area contributed by atoms with Crippen LogP contribution in [0, 0.1) is 0 Å². The van der Waals surface area contributed by atoms with Crippen LogP contribution < -0.4 is 10.5 Å². The second kappa shape index (κ2) is 5.82. The highest BCUT2D eigenvalue weighted by Crippen LogP contribution is 2.27. The maximum absolute atomic E-state index is 9.48. The highest BCUT2D eigenvalue weighted by Gasteiger charge is 2.25. The van der Waals surface area contributed by atoms with Crippen LogP contribution in [0.1, 0.15) is 12.8 Å². The van der Waals surface area contributed by atoms with Crippen LogP contribution in [0.2, 0.25) is 11.8 Å². The Labute approximate surface area is 113 Å². The number of benzene rings is 1. The standard InChI is InChI=1S/C12H18BClN2O2/c1-13(17)16-6-4-10(5-7-16)18-12-3-2-9(14)8-11(12)15/h2-3,8,10,17H,4-7,15H2,1H3. The molecule has 0 aliphatic carbocycles. The summed E-state index contributed by atoms with van der Waals surface area (Å²) < 4.78 is 5.88. The molecule has 18 heavy (non-hydrogen) atoms. The number of piperidine rings is 1. The summed E-state index contributed by atoms with van der Waals surface area (Å²) >= 11 is 5.84. The summed E-state index contributed by atoms with van der Waals surface area (Å²) in [5.41, 5.74) is 6.42. The Hall–Kier alpha value is -0.905. The number of ether oxygens (including phenoxy) is 1. The smallest absolute Gasteiger partial charge is 0.376 e. The van der Waals surface area contributed by atoms with Crippen LogP contribution in [0.4, 0.5) is 5.69 Å². The second-order valence-electron chi connectivity index (χ2n) is 4.67. The van der Waals surface area contributed by atoms with E-state index in [2.05, 4.69) is 0 Å². The monoisotopic (exact) mass is 268 g/mol. The molecule has 0 radical (unpaired) electrons. The van der Waals surface area contributed by atoms with Crippen molar-refractivity contribution in [1.29, 1.82) is 0 Å². The third-order valence-corrected chi connectivity index (χ3v) is 3.51. The minimum Gasteiger partial charge on any atom is -0.488 e. The Bertz CT molecular complexity index is 409. The van der Waals surface area contributed by atoms with Gasteiger partial charge in [-0.15, -0.1) is 0 Å². The van der Waals surface area contributed by atoms with Crippen molar-refractivity contribution in [2.24, 2.45) is 0 Å². The number of hydrogen-bond donors (Lipinski definition) is 2. The van der Waals surface area contributed by atoms with Crippen LogP contribution in [0.25, 0.3) is 0 Å².